The van der Waals surface area contributed by atoms with E-state index >= 15 is 0 Å². The fraction of sp³-hybridized carbons (Fsp3) is 0.263. The molecule has 24 nitrogen and oxygen atoms in total. The highest BCUT2D eigenvalue weighted by Gasteiger charge is 2.33. The summed E-state index contributed by atoms with van der Waals surface area (Å²) in [6, 6.07) is 16.9. The lowest BCUT2D eigenvalue weighted by Gasteiger charge is -2.28. The van der Waals surface area contributed by atoms with Crippen LogP contribution in [0.2, 0.25) is 40.2 Å². The van der Waals surface area contributed by atoms with E-state index in [0.717, 1.165) is 108 Å². The molecular formula is C76H67Cl8N17O7S4. The Labute approximate surface area is 697 Å². The molecule has 11 N–H and O–H groups in total. The van der Waals surface area contributed by atoms with Gasteiger partial charge in [-0.25, -0.2) is 39.9 Å². The maximum Gasteiger partial charge on any atom is 0.261 e. The van der Waals surface area contributed by atoms with Crippen molar-refractivity contribution in [2.24, 2.45) is 0 Å². The van der Waals surface area contributed by atoms with Crippen LogP contribution in [0.4, 0.5) is 23.8 Å². The number of ether oxygens (including phenoxy) is 5. The van der Waals surface area contributed by atoms with Gasteiger partial charge in [0, 0.05) is 143 Å². The maximum absolute atomic E-state index is 12.5. The van der Waals surface area contributed by atoms with Gasteiger partial charge in [0.1, 0.15) is 42.3 Å². The number of thiophene rings is 4. The van der Waals surface area contributed by atoms with Gasteiger partial charge in [0.05, 0.1) is 146 Å². The summed E-state index contributed by atoms with van der Waals surface area (Å²) >= 11 is 57.1. The minimum absolute atomic E-state index is 0.0801. The quantitative estimate of drug-likeness (QED) is 0.0472. The molecule has 1 amide bonds. The number of carbonyl (C=O) groups excluding carboxylic acids is 1. The molecule has 0 aliphatic carbocycles. The van der Waals surface area contributed by atoms with Crippen molar-refractivity contribution in [3.05, 3.63) is 150 Å². The van der Waals surface area contributed by atoms with Crippen LogP contribution in [0.5, 0.6) is 23.0 Å². The molecule has 8 aromatic heterocycles. The number of nitrogen functional groups attached to an aromatic ring is 4. The summed E-state index contributed by atoms with van der Waals surface area (Å²) in [6.45, 7) is 20.0. The van der Waals surface area contributed by atoms with Gasteiger partial charge in [-0.15, -0.1) is 45.3 Å². The van der Waals surface area contributed by atoms with Crippen LogP contribution in [0.3, 0.4) is 0 Å². The summed E-state index contributed by atoms with van der Waals surface area (Å²) < 4.78 is 27.9. The van der Waals surface area contributed by atoms with E-state index in [4.69, 9.17) is 145 Å². The van der Waals surface area contributed by atoms with E-state index in [1.165, 1.54) is 45.3 Å². The van der Waals surface area contributed by atoms with Gasteiger partial charge < -0.3 is 72.2 Å². The third-order valence-corrected chi connectivity index (χ3v) is 25.1. The molecule has 12 aromatic rings. The van der Waals surface area contributed by atoms with Crippen molar-refractivity contribution in [2.45, 2.75) is 57.6 Å². The van der Waals surface area contributed by atoms with E-state index in [0.29, 0.717) is 185 Å². The lowest BCUT2D eigenvalue weighted by atomic mass is 10.00. The second-order valence-electron chi connectivity index (χ2n) is 27.0. The van der Waals surface area contributed by atoms with E-state index < -0.39 is 5.60 Å². The zero-order valence-electron chi connectivity index (χ0n) is 60.3. The van der Waals surface area contributed by atoms with Gasteiger partial charge in [0.2, 0.25) is 23.8 Å². The van der Waals surface area contributed by atoms with E-state index in [-0.39, 0.29) is 36.2 Å². The molecule has 0 atom stereocenters. The predicted octanol–water partition coefficient (Wildman–Crippen LogP) is 17.5. The van der Waals surface area contributed by atoms with Crippen LogP contribution in [0, 0.1) is 11.3 Å². The first-order valence-corrected chi connectivity index (χ1v) is 40.7. The minimum atomic E-state index is -1.01. The zero-order chi connectivity index (χ0) is 79.6. The van der Waals surface area contributed by atoms with Crippen LogP contribution in [-0.2, 0) is 30.4 Å². The number of aliphatic hydroxyl groups is 1. The summed E-state index contributed by atoms with van der Waals surface area (Å²) in [4.78, 5) is 58.1. The summed E-state index contributed by atoms with van der Waals surface area (Å²) in [5.41, 5.74) is 34.8. The third-order valence-electron chi connectivity index (χ3n) is 18.5. The molecule has 4 aromatic carbocycles. The number of halogens is 8. The second-order valence-corrected chi connectivity index (χ2v) is 34.4. The molecule has 0 spiro atoms. The molecule has 13 heterocycles. The van der Waals surface area contributed by atoms with Crippen LogP contribution in [0.25, 0.3) is 103 Å². The Morgan fingerprint density at radius 3 is 1.16 bits per heavy atom. The van der Waals surface area contributed by atoms with Gasteiger partial charge >= 0.3 is 0 Å². The van der Waals surface area contributed by atoms with E-state index in [1.54, 1.807) is 44.2 Å². The number of hydrogen-bond donors (Lipinski definition) is 7. The summed E-state index contributed by atoms with van der Waals surface area (Å²) in [6.07, 6.45) is 3.18. The van der Waals surface area contributed by atoms with Crippen molar-refractivity contribution in [1.29, 1.82) is 5.26 Å². The second kappa shape index (κ2) is 32.6. The Bertz CT molecular complexity index is 5940. The molecule has 5 aliphatic rings. The van der Waals surface area contributed by atoms with E-state index in [9.17, 15) is 9.90 Å². The van der Waals surface area contributed by atoms with Crippen molar-refractivity contribution >= 4 is 226 Å². The molecule has 0 unspecified atom stereocenters. The molecule has 1 saturated heterocycles. The van der Waals surface area contributed by atoms with Crippen molar-refractivity contribution in [3.8, 4) is 74.1 Å². The minimum Gasteiger partial charge on any atom is -0.491 e. The van der Waals surface area contributed by atoms with Crippen LogP contribution < -0.4 is 52.5 Å². The van der Waals surface area contributed by atoms with Crippen LogP contribution in [0.15, 0.2) is 68.3 Å². The van der Waals surface area contributed by atoms with Gasteiger partial charge in [-0.2, -0.15) is 5.26 Å². The molecular weight excluding hydrogens is 1670 g/mol. The summed E-state index contributed by atoms with van der Waals surface area (Å²) in [5, 5.41) is 31.9. The van der Waals surface area contributed by atoms with Gasteiger partial charge in [-0.05, 0) is 62.4 Å². The Morgan fingerprint density at radius 2 is 0.839 bits per heavy atom. The average molecular weight is 1740 g/mol. The number of anilines is 4. The van der Waals surface area contributed by atoms with Crippen molar-refractivity contribution < 1.29 is 33.6 Å². The Balaban J connectivity index is 0.000000124. The van der Waals surface area contributed by atoms with Crippen LogP contribution in [0.1, 0.15) is 66.8 Å². The Morgan fingerprint density at radius 1 is 0.518 bits per heavy atom. The van der Waals surface area contributed by atoms with E-state index in [2.05, 4.69) is 76.3 Å². The Kier molecular flexibility index (Phi) is 23.3. The van der Waals surface area contributed by atoms with Gasteiger partial charge in [-0.1, -0.05) is 113 Å². The number of benzene rings is 4. The number of nitrogens with two attached hydrogens (primary N) is 4. The number of fused-ring (bicyclic) bond motifs is 8. The van der Waals surface area contributed by atoms with Crippen molar-refractivity contribution in [1.82, 2.24) is 60.3 Å². The van der Waals surface area contributed by atoms with Gasteiger partial charge in [-0.3, -0.25) is 4.79 Å². The molecule has 0 bridgehead atoms. The van der Waals surface area contributed by atoms with Crippen molar-refractivity contribution in [3.63, 3.8) is 0 Å². The van der Waals surface area contributed by atoms with Crippen LogP contribution in [-0.4, -0.2) is 146 Å². The SMILES string of the molecule is C=C(NC1COC1)c1cc2c(-c3c(Cl)cc(Cl)c4c3CCO4)nc(N)nc2s1.C=C(c1cc2c(-c3c(Cl)cc(Cl)c4c3CCO4)nc(N)nc2s1)N(C)C.C=C(c1cc2c(-c3c(Cl)cc(Cl)c4c3CCO4)nc(N)nc2s1)N(C)CCC#N.CC(C)(O)CNC(=O)c1cc2c(-c3c(Cl)cc(Cl)c4c3CCO4)nc(N)nc2s1. The van der Waals surface area contributed by atoms with Crippen LogP contribution >= 0.6 is 138 Å². The number of hydrogen-bond acceptors (Lipinski definition) is 27. The molecule has 1 fully saturated rings. The molecule has 578 valence electrons. The monoisotopic (exact) mass is 1740 g/mol. The number of nitrogens with zero attached hydrogens (tertiary/aromatic N) is 11. The Hall–Kier alpha value is -8.74. The average Bonchev–Trinajstić information content (AvgIpc) is 1.61. The molecule has 5 aliphatic heterocycles. The normalized spacial score (nSPS) is 13.7. The first-order chi connectivity index (χ1) is 53.4. The highest BCUT2D eigenvalue weighted by Crippen LogP contribution is 2.52. The third kappa shape index (κ3) is 16.1. The van der Waals surface area contributed by atoms with Crippen molar-refractivity contribution in [2.75, 3.05) is 96.8 Å². The summed E-state index contributed by atoms with van der Waals surface area (Å²) in [7, 11) is 5.81. The number of carbonyl (C=O) groups is 1. The fourth-order valence-corrected chi connectivity index (χ4v) is 19.7. The highest BCUT2D eigenvalue weighted by atomic mass is 35.5. The maximum atomic E-state index is 12.5. The predicted molar refractivity (Wildman–Crippen MR) is 456 cm³/mol. The molecule has 36 heteroatoms. The van der Waals surface area contributed by atoms with Gasteiger partial charge in [0.25, 0.3) is 5.91 Å². The number of nitrogens with one attached hydrogen (secondary N) is 2. The number of rotatable bonds is 16. The fourth-order valence-electron chi connectivity index (χ4n) is 13.1. The zero-order valence-corrected chi connectivity index (χ0v) is 69.6. The molecule has 0 radical (unpaired) electrons. The van der Waals surface area contributed by atoms with E-state index in [1.807, 2.05) is 49.1 Å². The molecule has 112 heavy (non-hydrogen) atoms. The topological polar surface area (TPSA) is 345 Å². The standard InChI is InChI=1S/C20H17Cl2N5OS.C19H18Cl2N4O3S.C19H16Cl2N4O2S.C18H16Cl2N4OS/c1-10(27(2)6-3-5-23)15-8-12-17(25-20(24)26-19(12)29-15)16-11-4-7-28-18(11)14(22)9-13(16)21;1-19(2,27)7-23-16(26)12-5-9-14(24-18(22)25-17(9)29-12)13-8-3-4-28-15(8)11(21)6-10(13)20;1-8(23-9-6-26-7-9)14-4-11-16(24-19(22)25-18(11)28-14)15-10-2-3-27-17(10)13(21)5-12(15)20;1-8(24(2)3)13-6-10-15(22-18(21)23-17(10)26-13)14-9-4-5-25-16(9)12(20)7-11(14)19/h8-9H,1,3-4,6-7H2,2H3,(H2,24,25,26);5-6,27H,3-4,7H2,1-2H3,(H,23,26)(H2,22,24,25);4-5,9,23H,1-3,6-7H2,(H2,22,24,25);6-7H,1,4-5H2,2-3H3,(H2,21,22,23). The number of aromatic nitrogens is 8. The summed E-state index contributed by atoms with van der Waals surface area (Å²) in [5.74, 6) is 2.91. The lowest BCUT2D eigenvalue weighted by molar-refractivity contribution is 0.00212. The first-order valence-electron chi connectivity index (χ1n) is 34.4. The number of amides is 1. The number of nitriles is 1. The van der Waals surface area contributed by atoms with Gasteiger partial charge in [0.15, 0.2) is 0 Å². The largest absolute Gasteiger partial charge is 0.491 e. The highest BCUT2D eigenvalue weighted by molar-refractivity contribution is 7.21. The molecule has 17 rings (SSSR count). The first kappa shape index (κ1) is 79.9. The smallest absolute Gasteiger partial charge is 0.261 e. The molecule has 0 saturated carbocycles. The lowest BCUT2D eigenvalue weighted by Crippen LogP contribution is -2.44.